The molecule has 0 heterocycles. The smallest absolute Gasteiger partial charge is 0.333 e. The molecule has 0 radical (unpaired) electrons. The van der Waals surface area contributed by atoms with Crippen molar-refractivity contribution in [3.05, 3.63) is 11.6 Å². The van der Waals surface area contributed by atoms with E-state index in [1.165, 1.54) is 7.11 Å². The summed E-state index contributed by atoms with van der Waals surface area (Å²) in [7, 11) is 1.33. The third-order valence-electron chi connectivity index (χ3n) is 8.04. The zero-order valence-corrected chi connectivity index (χ0v) is 16.2. The molecular weight excluding hydrogens is 332 g/mol. The molecule has 0 aromatic carbocycles. The molecule has 146 valence electrons. The number of aliphatic hydroxyl groups is 2. The lowest BCUT2D eigenvalue weighted by atomic mass is 9.42. The summed E-state index contributed by atoms with van der Waals surface area (Å²) >= 11 is 0. The number of Topliss-reactive ketones (excluding diaryl/α,β-unsaturated/α-hetero) is 1. The van der Waals surface area contributed by atoms with Gasteiger partial charge in [-0.2, -0.15) is 0 Å². The number of carbonyl (C=O) groups is 2. The van der Waals surface area contributed by atoms with Crippen molar-refractivity contribution in [2.45, 2.75) is 58.8 Å². The number of fused-ring (bicyclic) bond motifs is 3. The van der Waals surface area contributed by atoms with Crippen molar-refractivity contribution >= 4 is 11.8 Å². The minimum absolute atomic E-state index is 0.0143. The normalized spacial score (nSPS) is 43.0. The van der Waals surface area contributed by atoms with Gasteiger partial charge in [-0.3, -0.25) is 4.79 Å². The zero-order chi connectivity index (χ0) is 19.2. The number of ether oxygens (including phenoxy) is 1. The van der Waals surface area contributed by atoms with E-state index in [2.05, 4.69) is 13.8 Å². The van der Waals surface area contributed by atoms with Crippen LogP contribution in [0, 0.1) is 28.1 Å². The van der Waals surface area contributed by atoms with E-state index in [1.54, 1.807) is 0 Å². The van der Waals surface area contributed by atoms with Crippen molar-refractivity contribution in [2.24, 2.45) is 28.1 Å². The number of aliphatic hydroxyl groups excluding tert-OH is 2. The van der Waals surface area contributed by atoms with Crippen LogP contribution in [0.4, 0.5) is 0 Å². The summed E-state index contributed by atoms with van der Waals surface area (Å²) in [4.78, 5) is 25.3. The maximum atomic E-state index is 13.2. The van der Waals surface area contributed by atoms with Gasteiger partial charge in [-0.15, -0.1) is 0 Å². The fraction of sp³-hybridized carbons (Fsp3) is 0.810. The van der Waals surface area contributed by atoms with Crippen LogP contribution in [0.3, 0.4) is 0 Å². The van der Waals surface area contributed by atoms with Gasteiger partial charge in [0, 0.05) is 18.6 Å². The van der Waals surface area contributed by atoms with Crippen molar-refractivity contribution in [3.63, 3.8) is 0 Å². The van der Waals surface area contributed by atoms with E-state index in [9.17, 15) is 19.8 Å². The third-order valence-corrected chi connectivity index (χ3v) is 8.04. The van der Waals surface area contributed by atoms with Crippen molar-refractivity contribution in [1.29, 1.82) is 0 Å². The van der Waals surface area contributed by atoms with Crippen molar-refractivity contribution < 1.29 is 24.5 Å². The second kappa shape index (κ2) is 6.75. The van der Waals surface area contributed by atoms with Crippen LogP contribution in [0.1, 0.15) is 58.8 Å². The molecule has 26 heavy (non-hydrogen) atoms. The van der Waals surface area contributed by atoms with Gasteiger partial charge < -0.3 is 14.9 Å². The lowest BCUT2D eigenvalue weighted by Gasteiger charge is -2.62. The molecule has 0 aromatic rings. The number of hydrogen-bond acceptors (Lipinski definition) is 5. The molecule has 0 aromatic heterocycles. The average Bonchev–Trinajstić information content (AvgIpc) is 2.78. The Morgan fingerprint density at radius 2 is 1.92 bits per heavy atom. The van der Waals surface area contributed by atoms with Crippen LogP contribution in [0.5, 0.6) is 0 Å². The van der Waals surface area contributed by atoms with Crippen LogP contribution in [0.2, 0.25) is 0 Å². The van der Waals surface area contributed by atoms with Gasteiger partial charge in [0.1, 0.15) is 5.78 Å². The molecule has 5 nitrogen and oxygen atoms in total. The van der Waals surface area contributed by atoms with Gasteiger partial charge in [0.15, 0.2) is 0 Å². The lowest BCUT2D eigenvalue weighted by molar-refractivity contribution is -0.172. The predicted octanol–water partition coefficient (Wildman–Crippen LogP) is 2.64. The summed E-state index contributed by atoms with van der Waals surface area (Å²) in [6, 6.07) is 0. The molecule has 2 N–H and O–H groups in total. The summed E-state index contributed by atoms with van der Waals surface area (Å²) in [5, 5.41) is 20.4. The van der Waals surface area contributed by atoms with E-state index in [1.807, 2.05) is 6.08 Å². The van der Waals surface area contributed by atoms with Gasteiger partial charge >= 0.3 is 5.97 Å². The minimum atomic E-state index is -0.786. The SMILES string of the molecule is COC(=O)C1=CCC2C(CO)(CCC3C(C)(CO)CCCC32C)C(=O)C1. The molecule has 5 unspecified atom stereocenters. The number of rotatable bonds is 3. The first kappa shape index (κ1) is 19.6. The van der Waals surface area contributed by atoms with Gasteiger partial charge in [-0.1, -0.05) is 26.3 Å². The second-order valence-corrected chi connectivity index (χ2v) is 9.19. The van der Waals surface area contributed by atoms with Crippen LogP contribution < -0.4 is 0 Å². The molecule has 2 fully saturated rings. The van der Waals surface area contributed by atoms with Gasteiger partial charge in [0.2, 0.25) is 0 Å². The standard InChI is InChI=1S/C21H32O5/c1-19(12-22)8-4-9-20(2)15(19)7-10-21(13-23)16(20)6-5-14(11-17(21)24)18(25)26-3/h5,15-16,22-23H,4,6-13H2,1-3H3. The predicted molar refractivity (Wildman–Crippen MR) is 97.2 cm³/mol. The number of methoxy groups -OCH3 is 1. The molecule has 0 aliphatic heterocycles. The summed E-state index contributed by atoms with van der Waals surface area (Å²) in [6.45, 7) is 4.39. The lowest BCUT2D eigenvalue weighted by Crippen LogP contribution is -2.59. The summed E-state index contributed by atoms with van der Waals surface area (Å²) in [6.07, 6.45) is 6.99. The molecule has 0 bridgehead atoms. The van der Waals surface area contributed by atoms with Gasteiger partial charge in [-0.25, -0.2) is 4.79 Å². The Morgan fingerprint density at radius 1 is 1.19 bits per heavy atom. The molecule has 0 amide bonds. The Labute approximate surface area is 155 Å². The number of hydrogen-bond donors (Lipinski definition) is 2. The van der Waals surface area contributed by atoms with Crippen molar-refractivity contribution in [2.75, 3.05) is 20.3 Å². The van der Waals surface area contributed by atoms with Gasteiger partial charge in [-0.05, 0) is 54.8 Å². The Morgan fingerprint density at radius 3 is 2.54 bits per heavy atom. The highest BCUT2D eigenvalue weighted by molar-refractivity contribution is 5.98. The molecular formula is C21H32O5. The molecule has 3 aliphatic rings. The van der Waals surface area contributed by atoms with E-state index >= 15 is 0 Å². The molecule has 5 heteroatoms. The highest BCUT2D eigenvalue weighted by atomic mass is 16.5. The molecule has 0 saturated heterocycles. The van der Waals surface area contributed by atoms with Crippen LogP contribution in [-0.4, -0.2) is 42.3 Å². The van der Waals surface area contributed by atoms with E-state index in [-0.39, 0.29) is 42.2 Å². The highest BCUT2D eigenvalue weighted by Gasteiger charge is 2.62. The first-order chi connectivity index (χ1) is 12.3. The van der Waals surface area contributed by atoms with E-state index in [4.69, 9.17) is 4.74 Å². The summed E-state index contributed by atoms with van der Waals surface area (Å²) in [5.41, 5.74) is -0.640. The van der Waals surface area contributed by atoms with Crippen LogP contribution >= 0.6 is 0 Å². The van der Waals surface area contributed by atoms with Crippen molar-refractivity contribution in [3.8, 4) is 0 Å². The summed E-state index contributed by atoms with van der Waals surface area (Å²) in [5.74, 6) is -0.176. The molecule has 5 atom stereocenters. The highest BCUT2D eigenvalue weighted by Crippen LogP contribution is 2.65. The number of allylic oxidation sites excluding steroid dienone is 1. The maximum absolute atomic E-state index is 13.2. The summed E-state index contributed by atoms with van der Waals surface area (Å²) < 4.78 is 4.84. The quantitative estimate of drug-likeness (QED) is 0.752. The van der Waals surface area contributed by atoms with Crippen LogP contribution in [0.25, 0.3) is 0 Å². The second-order valence-electron chi connectivity index (χ2n) is 9.19. The Hall–Kier alpha value is -1.20. The van der Waals surface area contributed by atoms with E-state index < -0.39 is 11.4 Å². The molecule has 2 saturated carbocycles. The number of ketones is 1. The monoisotopic (exact) mass is 364 g/mol. The number of carbonyl (C=O) groups excluding carboxylic acids is 2. The first-order valence-electron chi connectivity index (χ1n) is 9.80. The average molecular weight is 364 g/mol. The minimum Gasteiger partial charge on any atom is -0.466 e. The molecule has 3 aliphatic carbocycles. The van der Waals surface area contributed by atoms with Gasteiger partial charge in [0.25, 0.3) is 0 Å². The molecule has 0 spiro atoms. The third kappa shape index (κ3) is 2.66. The van der Waals surface area contributed by atoms with Crippen LogP contribution in [0.15, 0.2) is 11.6 Å². The first-order valence-corrected chi connectivity index (χ1v) is 9.80. The maximum Gasteiger partial charge on any atom is 0.333 e. The van der Waals surface area contributed by atoms with Crippen LogP contribution in [-0.2, 0) is 14.3 Å². The number of esters is 1. The fourth-order valence-electron chi connectivity index (χ4n) is 6.58. The van der Waals surface area contributed by atoms with E-state index in [0.29, 0.717) is 24.3 Å². The topological polar surface area (TPSA) is 83.8 Å². The Balaban J connectivity index is 2.06. The van der Waals surface area contributed by atoms with Crippen molar-refractivity contribution in [1.82, 2.24) is 0 Å². The Kier molecular flexibility index (Phi) is 5.08. The fourth-order valence-corrected chi connectivity index (χ4v) is 6.58. The molecule has 3 rings (SSSR count). The van der Waals surface area contributed by atoms with Gasteiger partial charge in [0.05, 0.1) is 19.1 Å². The zero-order valence-electron chi connectivity index (χ0n) is 16.2. The largest absolute Gasteiger partial charge is 0.466 e. The Bertz CT molecular complexity index is 626. The van der Waals surface area contributed by atoms with E-state index in [0.717, 1.165) is 25.7 Å².